The van der Waals surface area contributed by atoms with Crippen molar-refractivity contribution in [3.05, 3.63) is 34.9 Å². The summed E-state index contributed by atoms with van der Waals surface area (Å²) in [7, 11) is 0. The van der Waals surface area contributed by atoms with Gasteiger partial charge in [-0.1, -0.05) is 0 Å². The number of hydrogen-bond donors (Lipinski definition) is 1. The highest BCUT2D eigenvalue weighted by Gasteiger charge is 2.30. The van der Waals surface area contributed by atoms with Crippen LogP contribution in [-0.4, -0.2) is 65.3 Å². The number of nitrogens with one attached hydrogen (secondary N) is 1. The van der Waals surface area contributed by atoms with Crippen LogP contribution in [0.4, 0.5) is 0 Å². The molecule has 0 saturated carbocycles. The Morgan fingerprint density at radius 2 is 2.12 bits per heavy atom. The monoisotopic (exact) mass is 342 g/mol. The van der Waals surface area contributed by atoms with E-state index in [1.807, 2.05) is 26.8 Å². The number of morpholine rings is 1. The lowest BCUT2D eigenvalue weighted by Crippen LogP contribution is -2.43. The number of hydrogen-bond acceptors (Lipinski definition) is 7. The number of carbonyl (C=O) groups is 1. The summed E-state index contributed by atoms with van der Waals surface area (Å²) in [6, 6.07) is 1.90. The number of aromatic amines is 1. The van der Waals surface area contributed by atoms with Crippen LogP contribution in [0.5, 0.6) is 0 Å². The van der Waals surface area contributed by atoms with Gasteiger partial charge in [-0.05, 0) is 26.8 Å². The molecule has 1 amide bonds. The van der Waals surface area contributed by atoms with Crippen LogP contribution in [0.25, 0.3) is 5.78 Å². The zero-order valence-corrected chi connectivity index (χ0v) is 14.2. The molecular weight excluding hydrogens is 324 g/mol. The molecule has 130 valence electrons. The van der Waals surface area contributed by atoms with E-state index in [4.69, 9.17) is 4.74 Å². The van der Waals surface area contributed by atoms with Crippen molar-refractivity contribution >= 4 is 11.7 Å². The van der Waals surface area contributed by atoms with Crippen LogP contribution < -0.4 is 0 Å². The fourth-order valence-corrected chi connectivity index (χ4v) is 2.89. The van der Waals surface area contributed by atoms with Crippen LogP contribution in [0.1, 0.15) is 39.8 Å². The molecule has 4 heterocycles. The predicted octanol–water partition coefficient (Wildman–Crippen LogP) is 0.381. The van der Waals surface area contributed by atoms with E-state index < -0.39 is 0 Å². The molecule has 1 fully saturated rings. The molecule has 1 atom stereocenters. The highest BCUT2D eigenvalue weighted by molar-refractivity contribution is 5.91. The van der Waals surface area contributed by atoms with Gasteiger partial charge >= 0.3 is 0 Å². The second-order valence-corrected chi connectivity index (χ2v) is 6.08. The van der Waals surface area contributed by atoms with E-state index in [2.05, 4.69) is 30.2 Å². The minimum absolute atomic E-state index is 0.132. The molecule has 1 unspecified atom stereocenters. The van der Waals surface area contributed by atoms with Gasteiger partial charge < -0.3 is 9.64 Å². The SMILES string of the molecule is Cc1cc(C)n2nc(C(=O)N3CCOC(c4n[nH]c(C)n4)C3)nc2n1. The molecule has 0 spiro atoms. The number of fused-ring (bicyclic) bond motifs is 1. The molecule has 10 heteroatoms. The van der Waals surface area contributed by atoms with E-state index >= 15 is 0 Å². The zero-order chi connectivity index (χ0) is 17.6. The van der Waals surface area contributed by atoms with E-state index in [1.54, 1.807) is 9.42 Å². The van der Waals surface area contributed by atoms with Gasteiger partial charge in [-0.2, -0.15) is 10.1 Å². The van der Waals surface area contributed by atoms with Gasteiger partial charge in [0, 0.05) is 17.9 Å². The molecule has 1 aliphatic heterocycles. The summed E-state index contributed by atoms with van der Waals surface area (Å²) in [4.78, 5) is 27.4. The van der Waals surface area contributed by atoms with Crippen molar-refractivity contribution in [3.8, 4) is 0 Å². The van der Waals surface area contributed by atoms with E-state index in [1.165, 1.54) is 0 Å². The Bertz CT molecular complexity index is 946. The van der Waals surface area contributed by atoms with E-state index in [0.29, 0.717) is 37.1 Å². The van der Waals surface area contributed by atoms with Gasteiger partial charge in [-0.15, -0.1) is 5.10 Å². The highest BCUT2D eigenvalue weighted by atomic mass is 16.5. The van der Waals surface area contributed by atoms with Crippen molar-refractivity contribution in [2.24, 2.45) is 0 Å². The second-order valence-electron chi connectivity index (χ2n) is 6.08. The van der Waals surface area contributed by atoms with Crippen molar-refractivity contribution in [2.45, 2.75) is 26.9 Å². The molecule has 10 nitrogen and oxygen atoms in total. The lowest BCUT2D eigenvalue weighted by Gasteiger charge is -2.30. The number of aryl methyl sites for hydroxylation is 3. The Balaban J connectivity index is 1.59. The zero-order valence-electron chi connectivity index (χ0n) is 14.2. The summed E-state index contributed by atoms with van der Waals surface area (Å²) < 4.78 is 7.27. The van der Waals surface area contributed by atoms with Crippen LogP contribution in [0, 0.1) is 20.8 Å². The van der Waals surface area contributed by atoms with Gasteiger partial charge in [0.1, 0.15) is 11.9 Å². The number of ether oxygens (including phenoxy) is 1. The van der Waals surface area contributed by atoms with Crippen molar-refractivity contribution in [1.82, 2.24) is 39.7 Å². The standard InChI is InChI=1S/C15H18N8O2/c1-8-6-9(2)23-15(16-8)18-13(21-23)14(24)22-4-5-25-11(7-22)12-17-10(3)19-20-12/h6,11H,4-5,7H2,1-3H3,(H,17,19,20). The minimum atomic E-state index is -0.359. The minimum Gasteiger partial charge on any atom is -0.366 e. The van der Waals surface area contributed by atoms with Crippen LogP contribution in [-0.2, 0) is 4.74 Å². The molecule has 4 rings (SSSR count). The van der Waals surface area contributed by atoms with Gasteiger partial charge in [-0.3, -0.25) is 9.89 Å². The average molecular weight is 342 g/mol. The Morgan fingerprint density at radius 1 is 1.28 bits per heavy atom. The van der Waals surface area contributed by atoms with Crippen LogP contribution in [0.3, 0.4) is 0 Å². The maximum atomic E-state index is 12.8. The Hall–Kier alpha value is -2.88. The first-order valence-electron chi connectivity index (χ1n) is 8.02. The Kier molecular flexibility index (Phi) is 3.68. The summed E-state index contributed by atoms with van der Waals surface area (Å²) in [6.07, 6.45) is -0.359. The smallest absolute Gasteiger partial charge is 0.293 e. The predicted molar refractivity (Wildman–Crippen MR) is 86.0 cm³/mol. The van der Waals surface area contributed by atoms with Gasteiger partial charge in [0.05, 0.1) is 13.2 Å². The summed E-state index contributed by atoms with van der Waals surface area (Å²) in [5.41, 5.74) is 1.72. The van der Waals surface area contributed by atoms with Crippen LogP contribution >= 0.6 is 0 Å². The lowest BCUT2D eigenvalue weighted by molar-refractivity contribution is -0.0270. The fraction of sp³-hybridized carbons (Fsp3) is 0.467. The number of rotatable bonds is 2. The first-order chi connectivity index (χ1) is 12.0. The molecule has 1 aliphatic rings. The molecule has 3 aromatic rings. The maximum Gasteiger partial charge on any atom is 0.293 e. The van der Waals surface area contributed by atoms with E-state index in [0.717, 1.165) is 11.4 Å². The molecule has 1 N–H and O–H groups in total. The van der Waals surface area contributed by atoms with Crippen LogP contribution in [0.15, 0.2) is 6.07 Å². The largest absolute Gasteiger partial charge is 0.366 e. The summed E-state index contributed by atoms with van der Waals surface area (Å²) in [5.74, 6) is 1.57. The third-order valence-corrected chi connectivity index (χ3v) is 4.07. The first kappa shape index (κ1) is 15.6. The topological polar surface area (TPSA) is 114 Å². The highest BCUT2D eigenvalue weighted by Crippen LogP contribution is 2.20. The van der Waals surface area contributed by atoms with E-state index in [9.17, 15) is 4.79 Å². The molecular formula is C15H18N8O2. The summed E-state index contributed by atoms with van der Waals surface area (Å²) >= 11 is 0. The molecule has 3 aromatic heterocycles. The number of aromatic nitrogens is 7. The molecule has 0 radical (unpaired) electrons. The van der Waals surface area contributed by atoms with Crippen molar-refractivity contribution in [3.63, 3.8) is 0 Å². The van der Waals surface area contributed by atoms with E-state index in [-0.39, 0.29) is 17.8 Å². The third-order valence-electron chi connectivity index (χ3n) is 4.07. The fourth-order valence-electron chi connectivity index (χ4n) is 2.89. The lowest BCUT2D eigenvalue weighted by atomic mass is 10.2. The van der Waals surface area contributed by atoms with Crippen LogP contribution in [0.2, 0.25) is 0 Å². The second kappa shape index (κ2) is 5.88. The molecule has 0 aliphatic carbocycles. The van der Waals surface area contributed by atoms with Gasteiger partial charge in [0.25, 0.3) is 11.7 Å². The Labute approximate surface area is 143 Å². The molecule has 1 saturated heterocycles. The van der Waals surface area contributed by atoms with Gasteiger partial charge in [0.15, 0.2) is 5.82 Å². The normalized spacial score (nSPS) is 18.0. The number of nitrogens with zero attached hydrogens (tertiary/aromatic N) is 7. The van der Waals surface area contributed by atoms with Gasteiger partial charge in [0.2, 0.25) is 5.82 Å². The summed E-state index contributed by atoms with van der Waals surface area (Å²) in [5, 5.41) is 11.2. The average Bonchev–Trinajstić information content (AvgIpc) is 3.21. The molecule has 0 aromatic carbocycles. The quantitative estimate of drug-likeness (QED) is 0.716. The number of H-pyrrole nitrogens is 1. The van der Waals surface area contributed by atoms with Gasteiger partial charge in [-0.25, -0.2) is 14.5 Å². The first-order valence-corrected chi connectivity index (χ1v) is 8.02. The number of carbonyl (C=O) groups excluding carboxylic acids is 1. The third kappa shape index (κ3) is 2.84. The summed E-state index contributed by atoms with van der Waals surface area (Å²) in [6.45, 7) is 6.85. The number of amides is 1. The van der Waals surface area contributed by atoms with Crippen molar-refractivity contribution < 1.29 is 9.53 Å². The Morgan fingerprint density at radius 3 is 2.88 bits per heavy atom. The van der Waals surface area contributed by atoms with Crippen molar-refractivity contribution in [1.29, 1.82) is 0 Å². The molecule has 0 bridgehead atoms. The maximum absolute atomic E-state index is 12.8. The van der Waals surface area contributed by atoms with Crippen molar-refractivity contribution in [2.75, 3.05) is 19.7 Å². The molecule has 25 heavy (non-hydrogen) atoms.